The summed E-state index contributed by atoms with van der Waals surface area (Å²) >= 11 is 9.33. The summed E-state index contributed by atoms with van der Waals surface area (Å²) in [6, 6.07) is 11.1. The van der Waals surface area contributed by atoms with Crippen LogP contribution < -0.4 is 4.72 Å². The Morgan fingerprint density at radius 1 is 1.21 bits per heavy atom. The van der Waals surface area contributed by atoms with E-state index < -0.39 is 15.8 Å². The summed E-state index contributed by atoms with van der Waals surface area (Å²) in [4.78, 5) is 0.135. The number of benzene rings is 2. The number of hydrogen-bond acceptors (Lipinski definition) is 3. The van der Waals surface area contributed by atoms with Crippen molar-refractivity contribution < 1.29 is 12.8 Å². The zero-order valence-electron chi connectivity index (χ0n) is 15.2. The van der Waals surface area contributed by atoms with E-state index in [-0.39, 0.29) is 27.8 Å². The molecule has 0 saturated heterocycles. The van der Waals surface area contributed by atoms with Crippen molar-refractivity contribution >= 4 is 43.4 Å². The third-order valence-electron chi connectivity index (χ3n) is 4.19. The van der Waals surface area contributed by atoms with Gasteiger partial charge in [0.2, 0.25) is 0 Å². The first-order valence-corrected chi connectivity index (χ1v) is 11.1. The van der Waals surface area contributed by atoms with Crippen molar-refractivity contribution in [1.82, 2.24) is 9.78 Å². The molecule has 0 radical (unpaired) electrons. The van der Waals surface area contributed by atoms with Crippen LogP contribution >= 0.6 is 27.5 Å². The first kappa shape index (κ1) is 20.8. The predicted molar refractivity (Wildman–Crippen MR) is 112 cm³/mol. The van der Waals surface area contributed by atoms with E-state index in [2.05, 4.69) is 25.8 Å². The van der Waals surface area contributed by atoms with Crippen LogP contribution in [0.1, 0.15) is 30.9 Å². The fraction of sp³-hybridized carbons (Fsp3) is 0.211. The lowest BCUT2D eigenvalue weighted by atomic mass is 10.0. The van der Waals surface area contributed by atoms with Crippen LogP contribution in [0.3, 0.4) is 0 Å². The number of halogens is 3. The summed E-state index contributed by atoms with van der Waals surface area (Å²) in [5, 5.41) is 4.47. The number of nitrogens with zero attached hydrogens (tertiary/aromatic N) is 2. The van der Waals surface area contributed by atoms with Gasteiger partial charge in [-0.05, 0) is 51.7 Å². The highest BCUT2D eigenvalue weighted by Crippen LogP contribution is 2.26. The summed E-state index contributed by atoms with van der Waals surface area (Å²) in [6.45, 7) is 4.13. The average molecular weight is 487 g/mol. The van der Waals surface area contributed by atoms with Gasteiger partial charge < -0.3 is 0 Å². The lowest BCUT2D eigenvalue weighted by Gasteiger charge is -2.09. The largest absolute Gasteiger partial charge is 0.265 e. The summed E-state index contributed by atoms with van der Waals surface area (Å²) in [7, 11) is -3.81. The quantitative estimate of drug-likeness (QED) is 0.507. The summed E-state index contributed by atoms with van der Waals surface area (Å²) < 4.78 is 43.6. The van der Waals surface area contributed by atoms with Crippen LogP contribution in [0.4, 0.5) is 10.2 Å². The minimum Gasteiger partial charge on any atom is -0.265 e. The third-order valence-corrected chi connectivity index (χ3v) is 6.48. The molecule has 0 aliphatic rings. The SMILES string of the molecule is CC(C)c1ccc(S(=O)(=O)Nc2nn(Cc3c(F)cccc3Cl)cc2Br)cc1. The Balaban J connectivity index is 1.83. The minimum absolute atomic E-state index is 0.0644. The van der Waals surface area contributed by atoms with Gasteiger partial charge in [-0.2, -0.15) is 5.10 Å². The third kappa shape index (κ3) is 4.56. The van der Waals surface area contributed by atoms with Crippen LogP contribution in [0.15, 0.2) is 58.0 Å². The van der Waals surface area contributed by atoms with E-state index >= 15 is 0 Å². The Hall–Kier alpha value is -1.90. The summed E-state index contributed by atoms with van der Waals surface area (Å²) in [5.74, 6) is -0.0355. The Labute approximate surface area is 176 Å². The van der Waals surface area contributed by atoms with Gasteiger partial charge >= 0.3 is 0 Å². The number of nitrogens with one attached hydrogen (secondary N) is 1. The second-order valence-corrected chi connectivity index (χ2v) is 9.50. The molecule has 2 aromatic carbocycles. The molecule has 3 aromatic rings. The smallest absolute Gasteiger partial charge is 0.263 e. The molecule has 0 unspecified atom stereocenters. The molecular weight excluding hydrogens is 469 g/mol. The Bertz CT molecular complexity index is 1080. The first-order valence-electron chi connectivity index (χ1n) is 8.46. The van der Waals surface area contributed by atoms with Gasteiger partial charge in [0.05, 0.1) is 15.9 Å². The van der Waals surface area contributed by atoms with Crippen LogP contribution in [-0.2, 0) is 16.6 Å². The maximum absolute atomic E-state index is 14.0. The van der Waals surface area contributed by atoms with Gasteiger partial charge in [0, 0.05) is 16.8 Å². The standard InChI is InChI=1S/C19H18BrClFN3O2S/c1-12(2)13-6-8-14(9-7-13)28(26,27)24-19-16(20)11-25(23-19)10-15-17(21)4-3-5-18(15)22/h3-9,11-12H,10H2,1-2H3,(H,23,24). The van der Waals surface area contributed by atoms with Gasteiger partial charge in [0.15, 0.2) is 5.82 Å². The number of sulfonamides is 1. The van der Waals surface area contributed by atoms with E-state index in [9.17, 15) is 12.8 Å². The lowest BCUT2D eigenvalue weighted by molar-refractivity contribution is 0.585. The van der Waals surface area contributed by atoms with Gasteiger partial charge in [-0.25, -0.2) is 12.8 Å². The molecule has 0 fully saturated rings. The monoisotopic (exact) mass is 485 g/mol. The maximum atomic E-state index is 14.0. The van der Waals surface area contributed by atoms with E-state index in [1.54, 1.807) is 36.5 Å². The zero-order chi connectivity index (χ0) is 20.5. The molecular formula is C19H18BrClFN3O2S. The number of rotatable bonds is 6. The highest BCUT2D eigenvalue weighted by atomic mass is 79.9. The molecule has 1 heterocycles. The minimum atomic E-state index is -3.81. The highest BCUT2D eigenvalue weighted by molar-refractivity contribution is 9.10. The summed E-state index contributed by atoms with van der Waals surface area (Å²) in [5.41, 5.74) is 1.32. The molecule has 28 heavy (non-hydrogen) atoms. The highest BCUT2D eigenvalue weighted by Gasteiger charge is 2.19. The van der Waals surface area contributed by atoms with E-state index in [0.717, 1.165) is 5.56 Å². The number of anilines is 1. The fourth-order valence-corrected chi connectivity index (χ4v) is 4.40. The summed E-state index contributed by atoms with van der Waals surface area (Å²) in [6.07, 6.45) is 1.56. The average Bonchev–Trinajstić information content (AvgIpc) is 2.97. The van der Waals surface area contributed by atoms with Crippen LogP contribution in [0.25, 0.3) is 0 Å². The maximum Gasteiger partial charge on any atom is 0.263 e. The van der Waals surface area contributed by atoms with Gasteiger partial charge in [-0.15, -0.1) is 0 Å². The fourth-order valence-electron chi connectivity index (χ4n) is 2.61. The molecule has 1 N–H and O–H groups in total. The van der Waals surface area contributed by atoms with Crippen molar-refractivity contribution in [3.05, 3.63) is 75.1 Å². The topological polar surface area (TPSA) is 64.0 Å². The van der Waals surface area contributed by atoms with Crippen molar-refractivity contribution in [2.24, 2.45) is 0 Å². The molecule has 0 aliphatic heterocycles. The first-order chi connectivity index (χ1) is 13.2. The second-order valence-electron chi connectivity index (χ2n) is 6.55. The van der Waals surface area contributed by atoms with E-state index in [0.29, 0.717) is 10.4 Å². The van der Waals surface area contributed by atoms with E-state index in [1.807, 2.05) is 13.8 Å². The van der Waals surface area contributed by atoms with Crippen molar-refractivity contribution in [3.63, 3.8) is 0 Å². The van der Waals surface area contributed by atoms with E-state index in [1.165, 1.54) is 16.8 Å². The molecule has 0 aliphatic carbocycles. The molecule has 0 saturated carbocycles. The molecule has 148 valence electrons. The molecule has 9 heteroatoms. The van der Waals surface area contributed by atoms with Crippen LogP contribution in [0.5, 0.6) is 0 Å². The van der Waals surface area contributed by atoms with Crippen LogP contribution in [0, 0.1) is 5.82 Å². The van der Waals surface area contributed by atoms with Gasteiger partial charge in [0.1, 0.15) is 5.82 Å². The Morgan fingerprint density at radius 2 is 1.89 bits per heavy atom. The molecule has 0 spiro atoms. The number of aromatic nitrogens is 2. The van der Waals surface area contributed by atoms with Crippen LogP contribution in [-0.4, -0.2) is 18.2 Å². The molecule has 1 aromatic heterocycles. The van der Waals surface area contributed by atoms with Crippen molar-refractivity contribution in [2.45, 2.75) is 31.2 Å². The van der Waals surface area contributed by atoms with Gasteiger partial charge in [-0.1, -0.05) is 43.6 Å². The Morgan fingerprint density at radius 3 is 2.50 bits per heavy atom. The van der Waals surface area contributed by atoms with Gasteiger partial charge in [0.25, 0.3) is 10.0 Å². The van der Waals surface area contributed by atoms with Crippen molar-refractivity contribution in [2.75, 3.05) is 4.72 Å². The lowest BCUT2D eigenvalue weighted by Crippen LogP contribution is -2.14. The normalized spacial score (nSPS) is 11.8. The van der Waals surface area contributed by atoms with Crippen LogP contribution in [0.2, 0.25) is 5.02 Å². The van der Waals surface area contributed by atoms with Gasteiger partial charge in [-0.3, -0.25) is 9.40 Å². The molecule has 0 amide bonds. The second kappa shape index (κ2) is 8.23. The molecule has 0 bridgehead atoms. The predicted octanol–water partition coefficient (Wildman–Crippen LogP) is 5.41. The molecule has 0 atom stereocenters. The van der Waals surface area contributed by atoms with E-state index in [4.69, 9.17) is 11.6 Å². The molecule has 3 rings (SSSR count). The van der Waals surface area contributed by atoms with Crippen molar-refractivity contribution in [3.8, 4) is 0 Å². The zero-order valence-corrected chi connectivity index (χ0v) is 18.3. The molecule has 5 nitrogen and oxygen atoms in total. The van der Waals surface area contributed by atoms with Crippen molar-refractivity contribution in [1.29, 1.82) is 0 Å². The number of hydrogen-bond donors (Lipinski definition) is 1. The Kier molecular flexibility index (Phi) is 6.12.